The van der Waals surface area contributed by atoms with Gasteiger partial charge in [-0.25, -0.2) is 17.9 Å². The molecular formula is C16H17NO5S. The summed E-state index contributed by atoms with van der Waals surface area (Å²) in [6.45, 7) is 1.66. The van der Waals surface area contributed by atoms with Crippen LogP contribution < -0.4 is 9.46 Å². The van der Waals surface area contributed by atoms with Crippen molar-refractivity contribution in [1.82, 2.24) is 4.72 Å². The van der Waals surface area contributed by atoms with Gasteiger partial charge in [-0.3, -0.25) is 0 Å². The number of carboxylic acid groups (broad SMARTS) is 1. The summed E-state index contributed by atoms with van der Waals surface area (Å²) in [6, 6.07) is 11.1. The Morgan fingerprint density at radius 2 is 1.91 bits per heavy atom. The first-order chi connectivity index (χ1) is 10.8. The molecule has 0 aliphatic carbocycles. The number of hydrogen-bond acceptors (Lipinski definition) is 4. The first kappa shape index (κ1) is 17.0. The number of para-hydroxylation sites is 1. The van der Waals surface area contributed by atoms with E-state index in [0.717, 1.165) is 6.07 Å². The van der Waals surface area contributed by atoms with E-state index < -0.39 is 16.0 Å². The molecule has 122 valence electrons. The molecule has 2 rings (SSSR count). The normalized spacial score (nSPS) is 11.2. The van der Waals surface area contributed by atoms with Crippen molar-refractivity contribution in [3.05, 3.63) is 59.2 Å². The topological polar surface area (TPSA) is 92.7 Å². The number of nitrogens with one attached hydrogen (secondary N) is 1. The average Bonchev–Trinajstić information content (AvgIpc) is 2.53. The number of rotatable bonds is 6. The fourth-order valence-electron chi connectivity index (χ4n) is 2.10. The maximum Gasteiger partial charge on any atom is 0.335 e. The summed E-state index contributed by atoms with van der Waals surface area (Å²) in [6.07, 6.45) is 0. The second kappa shape index (κ2) is 6.80. The zero-order valence-corrected chi connectivity index (χ0v) is 13.6. The standard InChI is InChI=1S/C16H17NO5S/c1-11-7-8-13(9-14(11)16(18)19)23(20,21)17-10-12-5-3-4-6-15(12)22-2/h3-9,17H,10H2,1-2H3,(H,18,19). The molecular weight excluding hydrogens is 318 g/mol. The highest BCUT2D eigenvalue weighted by molar-refractivity contribution is 7.89. The van der Waals surface area contributed by atoms with Gasteiger partial charge in [-0.15, -0.1) is 0 Å². The van der Waals surface area contributed by atoms with Crippen LogP contribution in [0.5, 0.6) is 5.75 Å². The summed E-state index contributed by atoms with van der Waals surface area (Å²) in [4.78, 5) is 11.0. The van der Waals surface area contributed by atoms with Crippen LogP contribution in [0.3, 0.4) is 0 Å². The van der Waals surface area contributed by atoms with Gasteiger partial charge in [0, 0.05) is 12.1 Å². The minimum absolute atomic E-state index is 0.0369. The zero-order chi connectivity index (χ0) is 17.0. The Hall–Kier alpha value is -2.38. The lowest BCUT2D eigenvalue weighted by Gasteiger charge is -2.11. The van der Waals surface area contributed by atoms with E-state index >= 15 is 0 Å². The SMILES string of the molecule is COc1ccccc1CNS(=O)(=O)c1ccc(C)c(C(=O)O)c1. The molecule has 0 atom stereocenters. The quantitative estimate of drug-likeness (QED) is 0.844. The van der Waals surface area contributed by atoms with Crippen LogP contribution in [-0.2, 0) is 16.6 Å². The van der Waals surface area contributed by atoms with Crippen molar-refractivity contribution < 1.29 is 23.1 Å². The molecule has 6 nitrogen and oxygen atoms in total. The highest BCUT2D eigenvalue weighted by Gasteiger charge is 2.18. The second-order valence-electron chi connectivity index (χ2n) is 4.92. The van der Waals surface area contributed by atoms with E-state index in [2.05, 4.69) is 4.72 Å². The molecule has 0 saturated carbocycles. The fourth-order valence-corrected chi connectivity index (χ4v) is 3.14. The Kier molecular flexibility index (Phi) is 5.02. The van der Waals surface area contributed by atoms with Crippen molar-refractivity contribution in [2.45, 2.75) is 18.4 Å². The van der Waals surface area contributed by atoms with Gasteiger partial charge < -0.3 is 9.84 Å². The molecule has 2 aromatic rings. The third-order valence-electron chi connectivity index (χ3n) is 3.39. The first-order valence-electron chi connectivity index (χ1n) is 6.80. The Bertz CT molecular complexity index is 830. The predicted molar refractivity (Wildman–Crippen MR) is 85.2 cm³/mol. The van der Waals surface area contributed by atoms with Crippen LogP contribution >= 0.6 is 0 Å². The van der Waals surface area contributed by atoms with Gasteiger partial charge in [0.1, 0.15) is 5.75 Å². The summed E-state index contributed by atoms with van der Waals surface area (Å²) in [5.41, 5.74) is 1.15. The van der Waals surface area contributed by atoms with Crippen LogP contribution in [0.4, 0.5) is 0 Å². The van der Waals surface area contributed by atoms with Crippen LogP contribution in [0, 0.1) is 6.92 Å². The van der Waals surface area contributed by atoms with Gasteiger partial charge in [0.05, 0.1) is 17.6 Å². The molecule has 0 amide bonds. The van der Waals surface area contributed by atoms with Crippen molar-refractivity contribution in [3.63, 3.8) is 0 Å². The monoisotopic (exact) mass is 335 g/mol. The molecule has 0 radical (unpaired) electrons. The molecule has 2 N–H and O–H groups in total. The number of ether oxygens (including phenoxy) is 1. The van der Waals surface area contributed by atoms with Gasteiger partial charge in [-0.1, -0.05) is 24.3 Å². The summed E-state index contributed by atoms with van der Waals surface area (Å²) < 4.78 is 32.3. The Morgan fingerprint density at radius 3 is 2.57 bits per heavy atom. The maximum absolute atomic E-state index is 12.3. The molecule has 0 unspecified atom stereocenters. The lowest BCUT2D eigenvalue weighted by molar-refractivity contribution is 0.0696. The fraction of sp³-hybridized carbons (Fsp3) is 0.188. The number of aryl methyl sites for hydroxylation is 1. The van der Waals surface area contributed by atoms with E-state index in [9.17, 15) is 13.2 Å². The van der Waals surface area contributed by atoms with Crippen LogP contribution in [0.2, 0.25) is 0 Å². The minimum atomic E-state index is -3.83. The van der Waals surface area contributed by atoms with Crippen molar-refractivity contribution in [2.75, 3.05) is 7.11 Å². The Morgan fingerprint density at radius 1 is 1.22 bits per heavy atom. The van der Waals surface area contributed by atoms with Crippen molar-refractivity contribution in [1.29, 1.82) is 0 Å². The van der Waals surface area contributed by atoms with Gasteiger partial charge in [-0.05, 0) is 30.7 Å². The molecule has 7 heteroatoms. The highest BCUT2D eigenvalue weighted by atomic mass is 32.2. The second-order valence-corrected chi connectivity index (χ2v) is 6.69. The van der Waals surface area contributed by atoms with E-state index in [0.29, 0.717) is 16.9 Å². The third kappa shape index (κ3) is 3.88. The number of carbonyl (C=O) groups is 1. The predicted octanol–water partition coefficient (Wildman–Crippen LogP) is 2.18. The van der Waals surface area contributed by atoms with Crippen LogP contribution in [0.15, 0.2) is 47.4 Å². The van der Waals surface area contributed by atoms with Crippen molar-refractivity contribution >= 4 is 16.0 Å². The number of aromatic carboxylic acids is 1. The summed E-state index contributed by atoms with van der Waals surface area (Å²) in [5.74, 6) is -0.588. The molecule has 0 bridgehead atoms. The molecule has 0 saturated heterocycles. The molecule has 0 aliphatic heterocycles. The first-order valence-corrected chi connectivity index (χ1v) is 8.29. The summed E-state index contributed by atoms with van der Waals surface area (Å²) in [5, 5.41) is 9.10. The van der Waals surface area contributed by atoms with E-state index in [-0.39, 0.29) is 17.0 Å². The van der Waals surface area contributed by atoms with Crippen molar-refractivity contribution in [3.8, 4) is 5.75 Å². The maximum atomic E-state index is 12.3. The lowest BCUT2D eigenvalue weighted by atomic mass is 10.1. The molecule has 0 aromatic heterocycles. The van der Waals surface area contributed by atoms with Crippen LogP contribution in [0.25, 0.3) is 0 Å². The van der Waals surface area contributed by atoms with E-state index in [4.69, 9.17) is 9.84 Å². The van der Waals surface area contributed by atoms with Crippen LogP contribution in [0.1, 0.15) is 21.5 Å². The van der Waals surface area contributed by atoms with Crippen LogP contribution in [-0.4, -0.2) is 26.6 Å². The number of benzene rings is 2. The van der Waals surface area contributed by atoms with Gasteiger partial charge in [0.15, 0.2) is 0 Å². The smallest absolute Gasteiger partial charge is 0.335 e. The highest BCUT2D eigenvalue weighted by Crippen LogP contribution is 2.19. The summed E-state index contributed by atoms with van der Waals surface area (Å²) >= 11 is 0. The number of carboxylic acids is 1. The van der Waals surface area contributed by atoms with Gasteiger partial charge in [0.25, 0.3) is 0 Å². The van der Waals surface area contributed by atoms with Gasteiger partial charge in [0.2, 0.25) is 10.0 Å². The molecule has 2 aromatic carbocycles. The van der Waals surface area contributed by atoms with E-state index in [1.165, 1.54) is 19.2 Å². The van der Waals surface area contributed by atoms with Gasteiger partial charge in [-0.2, -0.15) is 0 Å². The molecule has 0 aliphatic rings. The van der Waals surface area contributed by atoms with Crippen molar-refractivity contribution in [2.24, 2.45) is 0 Å². The molecule has 0 fully saturated rings. The van der Waals surface area contributed by atoms with E-state index in [1.807, 2.05) is 0 Å². The number of hydrogen-bond donors (Lipinski definition) is 2. The molecule has 0 spiro atoms. The summed E-state index contributed by atoms with van der Waals surface area (Å²) in [7, 11) is -2.32. The largest absolute Gasteiger partial charge is 0.496 e. The van der Waals surface area contributed by atoms with E-state index in [1.54, 1.807) is 31.2 Å². The zero-order valence-electron chi connectivity index (χ0n) is 12.7. The molecule has 23 heavy (non-hydrogen) atoms. The third-order valence-corrected chi connectivity index (χ3v) is 4.79. The molecule has 0 heterocycles. The Labute approximate surface area is 134 Å². The minimum Gasteiger partial charge on any atom is -0.496 e. The average molecular weight is 335 g/mol. The Balaban J connectivity index is 2.26. The van der Waals surface area contributed by atoms with Gasteiger partial charge >= 0.3 is 5.97 Å². The number of sulfonamides is 1. The lowest BCUT2D eigenvalue weighted by Crippen LogP contribution is -2.24. The number of methoxy groups -OCH3 is 1.